The van der Waals surface area contributed by atoms with Crippen molar-refractivity contribution in [1.29, 1.82) is 0 Å². The molecule has 0 aliphatic carbocycles. The molecular formula is C54H54N4O8. The highest BCUT2D eigenvalue weighted by Crippen LogP contribution is 2.36. The largest absolute Gasteiger partial charge is 0.506 e. The Kier molecular flexibility index (Phi) is 14.3. The number of H-pyrrole nitrogens is 1. The highest BCUT2D eigenvalue weighted by atomic mass is 16.5. The molecule has 12 nitrogen and oxygen atoms in total. The first kappa shape index (κ1) is 45.5. The quantitative estimate of drug-likeness (QED) is 0.0460. The number of phenols is 1. The number of aromatic nitrogens is 1. The van der Waals surface area contributed by atoms with Gasteiger partial charge in [-0.1, -0.05) is 109 Å². The predicted octanol–water partition coefficient (Wildman–Crippen LogP) is 7.34. The van der Waals surface area contributed by atoms with Crippen molar-refractivity contribution in [2.75, 3.05) is 19.6 Å². The van der Waals surface area contributed by atoms with Crippen LogP contribution >= 0.6 is 0 Å². The van der Waals surface area contributed by atoms with Crippen LogP contribution < -0.4 is 20.9 Å². The van der Waals surface area contributed by atoms with Crippen molar-refractivity contribution in [2.45, 2.75) is 57.2 Å². The number of aromatic hydroxyl groups is 1. The standard InChI is InChI=1S/C54H54N4O8/c59-48-23-21-45(46-22-24-50(61)57-51(46)48)49(60)33-55-31-37-17-19-41(20-18-37)52(62)56-32-38-13-15-40(16-14-38)35-66-44-11-6-10-43(30-44)54(65,53(63)64)47-12-5-4-9-42(47)29-36-25-27-58(28-26-36)34-39-7-2-1-3-8-39/h1-24,30,36,49,55,59-60,65H,25-29,31-35H2,(H,56,62)(H,57,61)(H,63,64)/t49-,54-/m0/s1. The smallest absolute Gasteiger partial charge is 0.345 e. The van der Waals surface area contributed by atoms with Gasteiger partial charge >= 0.3 is 5.97 Å². The molecule has 0 spiro atoms. The first-order valence-electron chi connectivity index (χ1n) is 22.3. The Morgan fingerprint density at radius 1 is 0.773 bits per heavy atom. The van der Waals surface area contributed by atoms with Crippen LogP contribution in [0.2, 0.25) is 0 Å². The van der Waals surface area contributed by atoms with E-state index in [0.717, 1.165) is 54.7 Å². The number of amides is 1. The fraction of sp³-hybridized carbons (Fsp3) is 0.241. The number of aliphatic hydroxyl groups excluding tert-OH is 1. The Morgan fingerprint density at radius 2 is 1.47 bits per heavy atom. The van der Waals surface area contributed by atoms with Gasteiger partial charge in [0, 0.05) is 54.3 Å². The Morgan fingerprint density at radius 3 is 2.23 bits per heavy atom. The number of carbonyl (C=O) groups excluding carboxylic acids is 1. The fourth-order valence-corrected chi connectivity index (χ4v) is 8.75. The van der Waals surface area contributed by atoms with Crippen molar-refractivity contribution in [2.24, 2.45) is 5.92 Å². The van der Waals surface area contributed by atoms with Gasteiger partial charge in [0.25, 0.3) is 5.91 Å². The molecule has 2 atom stereocenters. The van der Waals surface area contributed by atoms with Gasteiger partial charge in [-0.25, -0.2) is 4.79 Å². The van der Waals surface area contributed by atoms with Gasteiger partial charge in [0.05, 0.1) is 11.6 Å². The summed E-state index contributed by atoms with van der Waals surface area (Å²) in [6.45, 7) is 4.03. The average Bonchev–Trinajstić information content (AvgIpc) is 3.34. The van der Waals surface area contributed by atoms with Crippen molar-refractivity contribution < 1.29 is 34.8 Å². The first-order valence-corrected chi connectivity index (χ1v) is 22.3. The van der Waals surface area contributed by atoms with E-state index in [4.69, 9.17) is 4.74 Å². The molecule has 7 N–H and O–H groups in total. The maximum Gasteiger partial charge on any atom is 0.345 e. The van der Waals surface area contributed by atoms with Gasteiger partial charge in [0.15, 0.2) is 0 Å². The van der Waals surface area contributed by atoms with E-state index in [9.17, 15) is 34.8 Å². The molecule has 0 radical (unpaired) electrons. The number of hydrogen-bond donors (Lipinski definition) is 7. The highest BCUT2D eigenvalue weighted by Gasteiger charge is 2.42. The number of aliphatic hydroxyl groups is 2. The number of carboxylic acids is 1. The number of benzene rings is 6. The van der Waals surface area contributed by atoms with Crippen LogP contribution in [-0.4, -0.2) is 61.8 Å². The van der Waals surface area contributed by atoms with Gasteiger partial charge < -0.3 is 40.8 Å². The monoisotopic (exact) mass is 886 g/mol. The number of carboxylic acid groups (broad SMARTS) is 1. The van der Waals surface area contributed by atoms with Crippen LogP contribution in [0.15, 0.2) is 156 Å². The van der Waals surface area contributed by atoms with Crippen LogP contribution in [0.25, 0.3) is 10.9 Å². The van der Waals surface area contributed by atoms with Gasteiger partial charge in [-0.3, -0.25) is 14.5 Å². The Bertz CT molecular complexity index is 2820. The maximum absolute atomic E-state index is 13.0. The van der Waals surface area contributed by atoms with E-state index in [0.29, 0.717) is 53.3 Å². The van der Waals surface area contributed by atoms with Gasteiger partial charge in [-0.2, -0.15) is 0 Å². The van der Waals surface area contributed by atoms with Crippen LogP contribution in [0.1, 0.15) is 73.8 Å². The molecule has 7 aromatic rings. The summed E-state index contributed by atoms with van der Waals surface area (Å²) in [5.74, 6) is -0.851. The second kappa shape index (κ2) is 20.8. The minimum Gasteiger partial charge on any atom is -0.506 e. The third-order valence-electron chi connectivity index (χ3n) is 12.5. The van der Waals surface area contributed by atoms with Crippen LogP contribution in [0, 0.1) is 5.92 Å². The zero-order valence-electron chi connectivity index (χ0n) is 36.5. The minimum absolute atomic E-state index is 0.0682. The third kappa shape index (κ3) is 10.9. The summed E-state index contributed by atoms with van der Waals surface area (Å²) < 4.78 is 6.12. The number of aliphatic carboxylic acids is 1. The highest BCUT2D eigenvalue weighted by molar-refractivity contribution is 5.94. The SMILES string of the molecule is O=C(NCc1ccc(COc2cccc([C@@](O)(C(=O)O)c3ccccc3CC3CCN(Cc4ccccc4)CC3)c2)cc1)c1ccc(CNC[C@H](O)c2ccc(O)c3[nH]c(=O)ccc23)cc1. The summed E-state index contributed by atoms with van der Waals surface area (Å²) in [6.07, 6.45) is 1.77. The summed E-state index contributed by atoms with van der Waals surface area (Å²) in [6, 6.07) is 45.2. The Balaban J connectivity index is 0.810. The summed E-state index contributed by atoms with van der Waals surface area (Å²) in [4.78, 5) is 42.8. The number of ether oxygens (including phenoxy) is 1. The molecule has 6 aromatic carbocycles. The zero-order valence-corrected chi connectivity index (χ0v) is 36.5. The molecule has 1 saturated heterocycles. The third-order valence-corrected chi connectivity index (χ3v) is 12.5. The number of fused-ring (bicyclic) bond motifs is 1. The molecule has 0 saturated carbocycles. The molecule has 338 valence electrons. The molecule has 0 unspecified atom stereocenters. The topological polar surface area (TPSA) is 184 Å². The molecule has 1 aromatic heterocycles. The average molecular weight is 887 g/mol. The van der Waals surface area contributed by atoms with E-state index in [1.807, 2.05) is 54.6 Å². The molecule has 1 fully saturated rings. The summed E-state index contributed by atoms with van der Waals surface area (Å²) in [5.41, 5.74) is 4.12. The molecule has 1 aliphatic heterocycles. The van der Waals surface area contributed by atoms with E-state index in [1.54, 1.807) is 60.7 Å². The van der Waals surface area contributed by atoms with Crippen molar-refractivity contribution in [3.63, 3.8) is 0 Å². The normalized spacial score (nSPS) is 14.6. The Labute approximate surface area is 383 Å². The minimum atomic E-state index is -2.28. The number of piperidine rings is 1. The molecule has 1 aliphatic rings. The number of nitrogens with zero attached hydrogens (tertiary/aromatic N) is 1. The van der Waals surface area contributed by atoms with Crippen molar-refractivity contribution >= 4 is 22.8 Å². The van der Waals surface area contributed by atoms with E-state index in [1.165, 1.54) is 17.7 Å². The molecule has 8 rings (SSSR count). The number of pyridine rings is 1. The van der Waals surface area contributed by atoms with Gasteiger partial charge in [-0.15, -0.1) is 0 Å². The molecule has 2 heterocycles. The van der Waals surface area contributed by atoms with Crippen LogP contribution in [0.4, 0.5) is 0 Å². The summed E-state index contributed by atoms with van der Waals surface area (Å²) in [5, 5.41) is 50.4. The number of hydrogen-bond acceptors (Lipinski definition) is 9. The fourth-order valence-electron chi connectivity index (χ4n) is 8.75. The number of likely N-dealkylation sites (tertiary alicyclic amines) is 1. The lowest BCUT2D eigenvalue weighted by Crippen LogP contribution is -2.38. The summed E-state index contributed by atoms with van der Waals surface area (Å²) in [7, 11) is 0. The van der Waals surface area contributed by atoms with Crippen molar-refractivity contribution in [1.82, 2.24) is 20.5 Å². The van der Waals surface area contributed by atoms with E-state index in [2.05, 4.69) is 44.8 Å². The second-order valence-corrected chi connectivity index (χ2v) is 17.0. The second-order valence-electron chi connectivity index (χ2n) is 17.0. The molecular weight excluding hydrogens is 833 g/mol. The number of rotatable bonds is 18. The van der Waals surface area contributed by atoms with E-state index >= 15 is 0 Å². The number of carbonyl (C=O) groups is 2. The maximum atomic E-state index is 13.0. The lowest BCUT2D eigenvalue weighted by Gasteiger charge is -2.33. The Hall–Kier alpha value is -7.09. The van der Waals surface area contributed by atoms with E-state index < -0.39 is 17.7 Å². The lowest BCUT2D eigenvalue weighted by molar-refractivity contribution is -0.155. The van der Waals surface area contributed by atoms with Crippen LogP contribution in [-0.2, 0) is 43.1 Å². The lowest BCUT2D eigenvalue weighted by atomic mass is 9.80. The first-order chi connectivity index (χ1) is 32.0. The van der Waals surface area contributed by atoms with Crippen molar-refractivity contribution in [3.05, 3.63) is 212 Å². The molecule has 1 amide bonds. The zero-order chi connectivity index (χ0) is 46.0. The molecule has 66 heavy (non-hydrogen) atoms. The van der Waals surface area contributed by atoms with Crippen LogP contribution in [0.3, 0.4) is 0 Å². The number of nitrogens with one attached hydrogen (secondary N) is 3. The van der Waals surface area contributed by atoms with Gasteiger partial charge in [0.2, 0.25) is 11.2 Å². The predicted molar refractivity (Wildman–Crippen MR) is 253 cm³/mol. The molecule has 0 bridgehead atoms. The van der Waals surface area contributed by atoms with Crippen molar-refractivity contribution in [3.8, 4) is 11.5 Å². The van der Waals surface area contributed by atoms with Gasteiger partial charge in [-0.05, 0) is 108 Å². The number of aromatic amines is 1. The summed E-state index contributed by atoms with van der Waals surface area (Å²) >= 11 is 0. The number of phenolic OH excluding ortho intramolecular Hbond substituents is 1. The molecule has 12 heteroatoms. The van der Waals surface area contributed by atoms with Crippen LogP contribution in [0.5, 0.6) is 11.5 Å². The van der Waals surface area contributed by atoms with E-state index in [-0.39, 0.29) is 41.4 Å². The van der Waals surface area contributed by atoms with Gasteiger partial charge in [0.1, 0.15) is 18.1 Å².